The third kappa shape index (κ3) is 6.59. The van der Waals surface area contributed by atoms with E-state index in [1.54, 1.807) is 12.5 Å². The van der Waals surface area contributed by atoms with Crippen molar-refractivity contribution in [2.75, 3.05) is 24.2 Å². The molecule has 0 fully saturated rings. The maximum absolute atomic E-state index is 12.1. The number of carbonyl (C=O) groups excluding carboxylic acids is 1. The van der Waals surface area contributed by atoms with Crippen LogP contribution in [0.5, 0.6) is 0 Å². The summed E-state index contributed by atoms with van der Waals surface area (Å²) in [6.07, 6.45) is 5.32. The van der Waals surface area contributed by atoms with Crippen LogP contribution in [-0.2, 0) is 4.79 Å². The highest BCUT2D eigenvalue weighted by Crippen LogP contribution is 2.21. The van der Waals surface area contributed by atoms with E-state index in [-0.39, 0.29) is 5.91 Å². The number of hydrogen-bond acceptors (Lipinski definition) is 6. The number of aromatic nitrogens is 4. The van der Waals surface area contributed by atoms with Crippen molar-refractivity contribution in [2.45, 2.75) is 37.8 Å². The molecule has 8 heteroatoms. The molecule has 0 unspecified atom stereocenters. The second kappa shape index (κ2) is 11.3. The topological polar surface area (TPSA) is 84.7 Å². The highest BCUT2D eigenvalue weighted by Gasteiger charge is 2.10. The summed E-state index contributed by atoms with van der Waals surface area (Å²) in [5.74, 6) is 1.68. The number of thioether (sulfide) groups is 1. The minimum atomic E-state index is 0.00221. The normalized spacial score (nSPS) is 10.9. The third-order valence-electron chi connectivity index (χ3n) is 4.58. The zero-order valence-electron chi connectivity index (χ0n) is 17.4. The van der Waals surface area contributed by atoms with Gasteiger partial charge < -0.3 is 10.6 Å². The number of rotatable bonds is 11. The van der Waals surface area contributed by atoms with Gasteiger partial charge in [-0.25, -0.2) is 4.98 Å². The number of hydrogen-bond donors (Lipinski definition) is 2. The van der Waals surface area contributed by atoms with Crippen LogP contribution in [0, 0.1) is 0 Å². The summed E-state index contributed by atoms with van der Waals surface area (Å²) in [7, 11) is 0. The van der Waals surface area contributed by atoms with Gasteiger partial charge in [-0.1, -0.05) is 43.8 Å². The molecule has 158 valence electrons. The van der Waals surface area contributed by atoms with Crippen LogP contribution in [0.1, 0.15) is 38.2 Å². The van der Waals surface area contributed by atoms with Crippen LogP contribution in [0.3, 0.4) is 0 Å². The van der Waals surface area contributed by atoms with Crippen molar-refractivity contribution >= 4 is 23.5 Å². The van der Waals surface area contributed by atoms with Crippen molar-refractivity contribution < 1.29 is 4.79 Å². The van der Waals surface area contributed by atoms with Crippen LogP contribution in [0.2, 0.25) is 0 Å². The molecule has 0 bridgehead atoms. The van der Waals surface area contributed by atoms with Crippen LogP contribution in [-0.4, -0.2) is 44.5 Å². The third-order valence-corrected chi connectivity index (χ3v) is 5.53. The molecule has 0 saturated heterocycles. The summed E-state index contributed by atoms with van der Waals surface area (Å²) < 4.78 is 1.91. The molecule has 1 aromatic carbocycles. The molecule has 7 nitrogen and oxygen atoms in total. The molecule has 3 aromatic rings. The lowest BCUT2D eigenvalue weighted by atomic mass is 10.0. The Hall–Kier alpha value is -2.87. The Labute approximate surface area is 181 Å². The van der Waals surface area contributed by atoms with Crippen LogP contribution in [0.25, 0.3) is 5.69 Å². The fourth-order valence-electron chi connectivity index (χ4n) is 2.86. The van der Waals surface area contributed by atoms with E-state index in [2.05, 4.69) is 63.9 Å². The van der Waals surface area contributed by atoms with E-state index in [9.17, 15) is 4.79 Å². The van der Waals surface area contributed by atoms with Gasteiger partial charge in [-0.05, 0) is 48.6 Å². The first-order valence-electron chi connectivity index (χ1n) is 10.2. The molecule has 0 aliphatic carbocycles. The Morgan fingerprint density at radius 3 is 2.63 bits per heavy atom. The number of nitrogens with zero attached hydrogens (tertiary/aromatic N) is 4. The first-order valence-corrected chi connectivity index (χ1v) is 11.2. The molecule has 2 heterocycles. The average Bonchev–Trinajstić information content (AvgIpc) is 3.24. The van der Waals surface area contributed by atoms with Gasteiger partial charge in [0.2, 0.25) is 5.91 Å². The van der Waals surface area contributed by atoms with E-state index in [0.29, 0.717) is 23.4 Å². The summed E-state index contributed by atoms with van der Waals surface area (Å²) in [6.45, 7) is 5.84. The van der Waals surface area contributed by atoms with Crippen molar-refractivity contribution in [1.29, 1.82) is 0 Å². The van der Waals surface area contributed by atoms with Crippen molar-refractivity contribution in [1.82, 2.24) is 25.1 Å². The van der Waals surface area contributed by atoms with Crippen LogP contribution >= 0.6 is 11.8 Å². The minimum absolute atomic E-state index is 0.00221. The first-order chi connectivity index (χ1) is 14.6. The smallest absolute Gasteiger partial charge is 0.230 e. The zero-order chi connectivity index (χ0) is 21.2. The number of amides is 1. The van der Waals surface area contributed by atoms with Gasteiger partial charge in [0.05, 0.1) is 5.75 Å². The fraction of sp³-hybridized carbons (Fsp3) is 0.364. The molecule has 0 saturated carbocycles. The van der Waals surface area contributed by atoms with Gasteiger partial charge in [-0.3, -0.25) is 9.36 Å². The van der Waals surface area contributed by atoms with Gasteiger partial charge >= 0.3 is 0 Å². The molecule has 0 atom stereocenters. The largest absolute Gasteiger partial charge is 0.370 e. The molecule has 30 heavy (non-hydrogen) atoms. The molecule has 2 N–H and O–H groups in total. The number of benzene rings is 1. The van der Waals surface area contributed by atoms with E-state index in [1.165, 1.54) is 17.3 Å². The molecule has 3 rings (SSSR count). The highest BCUT2D eigenvalue weighted by molar-refractivity contribution is 7.99. The molecular weight excluding hydrogens is 396 g/mol. The second-order valence-electron chi connectivity index (χ2n) is 7.22. The number of pyridine rings is 1. The molecular formula is C22H28N6OS. The van der Waals surface area contributed by atoms with E-state index < -0.39 is 0 Å². The van der Waals surface area contributed by atoms with E-state index >= 15 is 0 Å². The predicted octanol–water partition coefficient (Wildman–Crippen LogP) is 3.89. The van der Waals surface area contributed by atoms with Gasteiger partial charge in [-0.2, -0.15) is 0 Å². The van der Waals surface area contributed by atoms with E-state index in [4.69, 9.17) is 0 Å². The average molecular weight is 425 g/mol. The van der Waals surface area contributed by atoms with Gasteiger partial charge in [0.1, 0.15) is 12.1 Å². The van der Waals surface area contributed by atoms with Crippen molar-refractivity contribution in [3.8, 4) is 5.69 Å². The maximum atomic E-state index is 12.1. The highest BCUT2D eigenvalue weighted by atomic mass is 32.2. The Bertz CT molecular complexity index is 911. The van der Waals surface area contributed by atoms with E-state index in [0.717, 1.165) is 30.9 Å². The Morgan fingerprint density at radius 1 is 1.10 bits per heavy atom. The van der Waals surface area contributed by atoms with Gasteiger partial charge in [0.25, 0.3) is 0 Å². The summed E-state index contributed by atoms with van der Waals surface area (Å²) in [4.78, 5) is 16.4. The molecule has 0 aliphatic heterocycles. The van der Waals surface area contributed by atoms with Crippen LogP contribution < -0.4 is 10.6 Å². The monoisotopic (exact) mass is 424 g/mol. The van der Waals surface area contributed by atoms with Crippen LogP contribution in [0.4, 0.5) is 5.82 Å². The van der Waals surface area contributed by atoms with Gasteiger partial charge in [-0.15, -0.1) is 10.2 Å². The van der Waals surface area contributed by atoms with Crippen molar-refractivity contribution in [2.24, 2.45) is 0 Å². The lowest BCUT2D eigenvalue weighted by Gasteiger charge is -2.09. The van der Waals surface area contributed by atoms with Gasteiger partial charge in [0.15, 0.2) is 5.16 Å². The number of anilines is 1. The fourth-order valence-corrected chi connectivity index (χ4v) is 3.62. The quantitative estimate of drug-likeness (QED) is 0.359. The predicted molar refractivity (Wildman–Crippen MR) is 121 cm³/mol. The van der Waals surface area contributed by atoms with Crippen molar-refractivity contribution in [3.05, 3.63) is 60.6 Å². The lowest BCUT2D eigenvalue weighted by molar-refractivity contribution is -0.118. The molecule has 1 amide bonds. The lowest BCUT2D eigenvalue weighted by Crippen LogP contribution is -2.26. The number of carbonyl (C=O) groups is 1. The van der Waals surface area contributed by atoms with Gasteiger partial charge in [0, 0.05) is 25.0 Å². The Balaban J connectivity index is 1.36. The molecule has 0 radical (unpaired) electrons. The standard InChI is InChI=1S/C22H28N6OS/c1-17(2)18-8-10-19(11-9-18)28-16-26-27-22(28)30-15-21(29)25-14-6-5-13-24-20-7-3-4-12-23-20/h3-4,7-12,16-17H,5-6,13-15H2,1-2H3,(H,23,24)(H,25,29). The minimum Gasteiger partial charge on any atom is -0.370 e. The second-order valence-corrected chi connectivity index (χ2v) is 8.16. The van der Waals surface area contributed by atoms with E-state index in [1.807, 2.05) is 22.8 Å². The number of nitrogens with one attached hydrogen (secondary N) is 2. The summed E-state index contributed by atoms with van der Waals surface area (Å²) >= 11 is 1.39. The molecule has 0 aliphatic rings. The number of unbranched alkanes of at least 4 members (excludes halogenated alkanes) is 1. The summed E-state index contributed by atoms with van der Waals surface area (Å²) in [5.41, 5.74) is 2.28. The van der Waals surface area contributed by atoms with Crippen LogP contribution in [0.15, 0.2) is 60.1 Å². The summed E-state index contributed by atoms with van der Waals surface area (Å²) in [5, 5.41) is 15.1. The maximum Gasteiger partial charge on any atom is 0.230 e. The Kier molecular flexibility index (Phi) is 8.26. The summed E-state index contributed by atoms with van der Waals surface area (Å²) in [6, 6.07) is 14.1. The SMILES string of the molecule is CC(C)c1ccc(-n2cnnc2SCC(=O)NCCCCNc2ccccn2)cc1. The van der Waals surface area contributed by atoms with Crippen molar-refractivity contribution in [3.63, 3.8) is 0 Å². The molecule has 2 aromatic heterocycles. The molecule has 0 spiro atoms. The Morgan fingerprint density at radius 2 is 1.90 bits per heavy atom. The first kappa shape index (κ1) is 21.8. The zero-order valence-corrected chi connectivity index (χ0v) is 18.2.